The second-order valence-corrected chi connectivity index (χ2v) is 10.9. The maximum Gasteiger partial charge on any atom is 0.303 e. The number of unbranched alkanes of at least 4 members (excludes halogenated alkanes) is 1. The minimum atomic E-state index is -0.734. The second-order valence-electron chi connectivity index (χ2n) is 9.98. The highest BCUT2D eigenvalue weighted by Crippen LogP contribution is 2.62. The summed E-state index contributed by atoms with van der Waals surface area (Å²) < 4.78 is 1.16. The van der Waals surface area contributed by atoms with E-state index in [1.165, 1.54) is 12.0 Å². The molecule has 3 saturated carbocycles. The Hall–Kier alpha value is -2.14. The first-order valence-corrected chi connectivity index (χ1v) is 12.3. The number of nitrogens with one attached hydrogen (secondary N) is 1. The molecular weight excluding hydrogens is 406 g/mol. The molecule has 0 aliphatic heterocycles. The van der Waals surface area contributed by atoms with E-state index in [1.807, 2.05) is 5.38 Å². The fraction of sp³-hybridized carbons (Fsp3) is 0.538. The third-order valence-corrected chi connectivity index (χ3v) is 8.71. The summed E-state index contributed by atoms with van der Waals surface area (Å²) in [4.78, 5) is 23.9. The Morgan fingerprint density at radius 2 is 2.06 bits per heavy atom. The summed E-state index contributed by atoms with van der Waals surface area (Å²) in [6, 6.07) is 6.51. The van der Waals surface area contributed by atoms with Gasteiger partial charge in [-0.15, -0.1) is 11.3 Å². The van der Waals surface area contributed by atoms with E-state index in [-0.39, 0.29) is 18.4 Å². The average molecular weight is 440 g/mol. The van der Waals surface area contributed by atoms with Crippen LogP contribution >= 0.6 is 11.3 Å². The van der Waals surface area contributed by atoms with Crippen LogP contribution in [0.25, 0.3) is 10.1 Å². The molecule has 4 nitrogen and oxygen atoms in total. The van der Waals surface area contributed by atoms with E-state index in [2.05, 4.69) is 56.4 Å². The quantitative estimate of drug-likeness (QED) is 0.381. The summed E-state index contributed by atoms with van der Waals surface area (Å²) in [5.41, 5.74) is 2.31. The van der Waals surface area contributed by atoms with Crippen molar-refractivity contribution < 1.29 is 14.7 Å². The molecule has 3 aliphatic rings. The van der Waals surface area contributed by atoms with E-state index in [1.54, 1.807) is 11.3 Å². The Bertz CT molecular complexity index is 1010. The van der Waals surface area contributed by atoms with Crippen LogP contribution in [0, 0.1) is 30.1 Å². The van der Waals surface area contributed by atoms with E-state index in [9.17, 15) is 9.59 Å². The smallest absolute Gasteiger partial charge is 0.303 e. The van der Waals surface area contributed by atoms with Crippen LogP contribution in [0.3, 0.4) is 0 Å². The summed E-state index contributed by atoms with van der Waals surface area (Å²) in [5, 5.41) is 15.2. The van der Waals surface area contributed by atoms with Crippen LogP contribution < -0.4 is 5.32 Å². The van der Waals surface area contributed by atoms with Gasteiger partial charge in [0.25, 0.3) is 5.91 Å². The van der Waals surface area contributed by atoms with Gasteiger partial charge in [-0.1, -0.05) is 37.6 Å². The molecule has 0 unspecified atom stereocenters. The summed E-state index contributed by atoms with van der Waals surface area (Å²) in [6.07, 6.45) is 9.29. The van der Waals surface area contributed by atoms with Crippen molar-refractivity contribution in [3.05, 3.63) is 46.9 Å². The van der Waals surface area contributed by atoms with Crippen molar-refractivity contribution in [2.75, 3.05) is 0 Å². The number of fused-ring (bicyclic) bond motifs is 3. The molecule has 1 amide bonds. The number of hydrogen-bond donors (Lipinski definition) is 2. The molecule has 2 bridgehead atoms. The first-order chi connectivity index (χ1) is 14.8. The molecule has 0 saturated heterocycles. The predicted molar refractivity (Wildman–Crippen MR) is 127 cm³/mol. The van der Waals surface area contributed by atoms with Gasteiger partial charge >= 0.3 is 5.97 Å². The van der Waals surface area contributed by atoms with Crippen molar-refractivity contribution in [1.82, 2.24) is 5.32 Å². The molecule has 5 heteroatoms. The summed E-state index contributed by atoms with van der Waals surface area (Å²) >= 11 is 1.63. The fourth-order valence-electron chi connectivity index (χ4n) is 5.75. The second kappa shape index (κ2) is 8.78. The zero-order chi connectivity index (χ0) is 22.2. The minimum absolute atomic E-state index is 0.0522. The predicted octanol–water partition coefficient (Wildman–Crippen LogP) is 6.19. The van der Waals surface area contributed by atoms with Crippen molar-refractivity contribution in [3.63, 3.8) is 0 Å². The molecule has 0 spiro atoms. The maximum atomic E-state index is 13.2. The number of hydrogen-bond acceptors (Lipinski definition) is 3. The highest BCUT2D eigenvalue weighted by atomic mass is 32.1. The number of carboxylic acids is 1. The van der Waals surface area contributed by atoms with Crippen molar-refractivity contribution in [2.45, 2.75) is 65.3 Å². The van der Waals surface area contributed by atoms with Crippen LogP contribution in [0.4, 0.5) is 0 Å². The lowest BCUT2D eigenvalue weighted by molar-refractivity contribution is -0.137. The van der Waals surface area contributed by atoms with Crippen LogP contribution in [0.5, 0.6) is 0 Å². The van der Waals surface area contributed by atoms with Gasteiger partial charge in [0, 0.05) is 27.9 Å². The topological polar surface area (TPSA) is 66.4 Å². The van der Waals surface area contributed by atoms with Crippen LogP contribution in [0.2, 0.25) is 0 Å². The van der Waals surface area contributed by atoms with Gasteiger partial charge in [0.15, 0.2) is 0 Å². The van der Waals surface area contributed by atoms with Gasteiger partial charge in [0.2, 0.25) is 0 Å². The summed E-state index contributed by atoms with van der Waals surface area (Å²) in [5.74, 6) is 1.06. The fourth-order valence-corrected chi connectivity index (χ4v) is 6.67. The largest absolute Gasteiger partial charge is 0.481 e. The zero-order valence-corrected chi connectivity index (χ0v) is 19.5. The van der Waals surface area contributed by atoms with Crippen molar-refractivity contribution >= 4 is 33.3 Å². The van der Waals surface area contributed by atoms with Crippen molar-refractivity contribution in [2.24, 2.45) is 23.2 Å². The zero-order valence-electron chi connectivity index (χ0n) is 18.7. The number of carboxylic acid groups (broad SMARTS) is 1. The molecule has 1 aromatic heterocycles. The summed E-state index contributed by atoms with van der Waals surface area (Å²) in [7, 11) is 0. The van der Waals surface area contributed by atoms with Gasteiger partial charge in [0.1, 0.15) is 0 Å². The molecule has 1 aromatic carbocycles. The van der Waals surface area contributed by atoms with Gasteiger partial charge < -0.3 is 10.4 Å². The molecule has 166 valence electrons. The molecule has 31 heavy (non-hydrogen) atoms. The molecular formula is C26H33NO3S. The standard InChI is InChI=1S/C26H33NO3S/c1-16-10-11-23-19(12-16)20(15-31-23)25(30)27-22-14-17-13-21(26(17,2)3)18(22)8-6-4-5-7-9-24(28)29/h4,6,10-12,15,17-18,21-22H,5,7-9,13-14H2,1-3H3,(H,27,30)(H,28,29)/b6-4-/t17-,18+,21+,22-/m0/s1. The van der Waals surface area contributed by atoms with Crippen LogP contribution in [-0.2, 0) is 4.79 Å². The number of carbonyl (C=O) groups is 2. The minimum Gasteiger partial charge on any atom is -0.481 e. The monoisotopic (exact) mass is 439 g/mol. The van der Waals surface area contributed by atoms with Gasteiger partial charge in [-0.25, -0.2) is 0 Å². The molecule has 4 atom stereocenters. The molecule has 2 N–H and O–H groups in total. The SMILES string of the molecule is Cc1ccc2scc(C(=O)N[C@H]3C[C@@H]4C[C@H]([C@H]3C/C=C\CCCC(=O)O)C4(C)C)c2c1. The number of rotatable bonds is 8. The number of thiophene rings is 1. The molecule has 3 aliphatic carbocycles. The van der Waals surface area contributed by atoms with Crippen molar-refractivity contribution in [1.29, 1.82) is 0 Å². The Balaban J connectivity index is 1.45. The molecule has 0 radical (unpaired) electrons. The highest BCUT2D eigenvalue weighted by Gasteiger charge is 2.57. The van der Waals surface area contributed by atoms with Gasteiger partial charge in [0.05, 0.1) is 5.56 Å². The molecule has 2 aromatic rings. The van der Waals surface area contributed by atoms with E-state index in [4.69, 9.17) is 5.11 Å². The lowest BCUT2D eigenvalue weighted by atomic mass is 9.44. The number of aryl methyl sites for hydroxylation is 1. The van der Waals surface area contributed by atoms with E-state index >= 15 is 0 Å². The Morgan fingerprint density at radius 1 is 1.26 bits per heavy atom. The highest BCUT2D eigenvalue weighted by molar-refractivity contribution is 7.17. The molecule has 5 rings (SSSR count). The lowest BCUT2D eigenvalue weighted by Crippen LogP contribution is -2.61. The Kier molecular flexibility index (Phi) is 6.25. The van der Waals surface area contributed by atoms with E-state index in [0.717, 1.165) is 34.9 Å². The van der Waals surface area contributed by atoms with Crippen LogP contribution in [0.15, 0.2) is 35.7 Å². The third kappa shape index (κ3) is 4.43. The van der Waals surface area contributed by atoms with E-state index < -0.39 is 5.97 Å². The Labute approximate surface area is 188 Å². The first-order valence-electron chi connectivity index (χ1n) is 11.4. The van der Waals surface area contributed by atoms with Gasteiger partial charge in [-0.2, -0.15) is 0 Å². The van der Waals surface area contributed by atoms with E-state index in [0.29, 0.717) is 29.6 Å². The Morgan fingerprint density at radius 3 is 2.81 bits per heavy atom. The van der Waals surface area contributed by atoms with Gasteiger partial charge in [-0.05, 0) is 74.3 Å². The summed E-state index contributed by atoms with van der Waals surface area (Å²) in [6.45, 7) is 6.82. The third-order valence-electron chi connectivity index (χ3n) is 7.74. The lowest BCUT2D eigenvalue weighted by Gasteiger charge is -2.62. The van der Waals surface area contributed by atoms with Gasteiger partial charge in [-0.3, -0.25) is 9.59 Å². The molecule has 1 heterocycles. The maximum absolute atomic E-state index is 13.2. The van der Waals surface area contributed by atoms with Crippen LogP contribution in [-0.4, -0.2) is 23.0 Å². The first kappa shape index (κ1) is 22.1. The normalized spacial score (nSPS) is 26.7. The van der Waals surface area contributed by atoms with Crippen LogP contribution in [0.1, 0.15) is 68.3 Å². The molecule has 3 fully saturated rings. The number of benzene rings is 1. The number of allylic oxidation sites excluding steroid dienone is 2. The van der Waals surface area contributed by atoms with Crippen molar-refractivity contribution in [3.8, 4) is 0 Å². The number of aliphatic carboxylic acids is 1. The number of amides is 1. The number of carbonyl (C=O) groups excluding carboxylic acids is 1. The average Bonchev–Trinajstić information content (AvgIpc) is 3.13.